The molecule has 0 atom stereocenters. The zero-order chi connectivity index (χ0) is 18.7. The first-order valence-corrected chi connectivity index (χ1v) is 8.47. The van der Waals surface area contributed by atoms with E-state index >= 15 is 0 Å². The number of amides is 2. The molecule has 2 N–H and O–H groups in total. The van der Waals surface area contributed by atoms with E-state index in [1.54, 1.807) is 32.0 Å². The van der Waals surface area contributed by atoms with Gasteiger partial charge in [0.2, 0.25) is 11.9 Å². The van der Waals surface area contributed by atoms with E-state index in [2.05, 4.69) is 20.6 Å². The van der Waals surface area contributed by atoms with Gasteiger partial charge in [-0.2, -0.15) is 4.99 Å². The molecule has 1 aromatic carbocycles. The zero-order valence-corrected chi connectivity index (χ0v) is 15.8. The van der Waals surface area contributed by atoms with E-state index in [4.69, 9.17) is 23.2 Å². The normalized spacial score (nSPS) is 17.0. The van der Waals surface area contributed by atoms with Gasteiger partial charge in [-0.3, -0.25) is 19.8 Å². The third-order valence-electron chi connectivity index (χ3n) is 3.15. The Morgan fingerprint density at radius 1 is 1.16 bits per heavy atom. The lowest BCUT2D eigenvalue weighted by Crippen LogP contribution is -2.39. The molecule has 1 aliphatic heterocycles. The molecular formula is C16H19Cl2N5O2. The van der Waals surface area contributed by atoms with Crippen LogP contribution in [-0.2, 0) is 9.59 Å². The molecule has 1 aliphatic rings. The molecule has 0 saturated carbocycles. The van der Waals surface area contributed by atoms with Crippen LogP contribution in [0.2, 0.25) is 10.0 Å². The maximum absolute atomic E-state index is 11.9. The molecule has 2 rings (SSSR count). The van der Waals surface area contributed by atoms with Crippen molar-refractivity contribution in [3.05, 3.63) is 28.2 Å². The minimum atomic E-state index is -0.717. The van der Waals surface area contributed by atoms with Gasteiger partial charge in [-0.1, -0.05) is 23.2 Å². The molecule has 0 aliphatic carbocycles. The van der Waals surface area contributed by atoms with Gasteiger partial charge in [0.1, 0.15) is 0 Å². The van der Waals surface area contributed by atoms with E-state index in [-0.39, 0.29) is 24.0 Å². The van der Waals surface area contributed by atoms with E-state index < -0.39 is 11.8 Å². The number of halogens is 2. The number of rotatable bonds is 3. The summed E-state index contributed by atoms with van der Waals surface area (Å²) in [4.78, 5) is 33.6. The van der Waals surface area contributed by atoms with Crippen molar-refractivity contribution in [1.82, 2.24) is 10.2 Å². The van der Waals surface area contributed by atoms with E-state index in [9.17, 15) is 9.59 Å². The fourth-order valence-corrected chi connectivity index (χ4v) is 2.42. The minimum absolute atomic E-state index is 0.0603. The molecule has 9 heteroatoms. The van der Waals surface area contributed by atoms with Crippen LogP contribution in [0.25, 0.3) is 0 Å². The van der Waals surface area contributed by atoms with Crippen molar-refractivity contribution in [3.63, 3.8) is 0 Å². The van der Waals surface area contributed by atoms with E-state index in [0.29, 0.717) is 15.7 Å². The van der Waals surface area contributed by atoms with Crippen LogP contribution in [0.4, 0.5) is 5.69 Å². The monoisotopic (exact) mass is 383 g/mol. The predicted octanol–water partition coefficient (Wildman–Crippen LogP) is 2.89. The Labute approximate surface area is 156 Å². The zero-order valence-electron chi connectivity index (χ0n) is 14.3. The van der Waals surface area contributed by atoms with Gasteiger partial charge in [0.05, 0.1) is 10.0 Å². The first kappa shape index (κ1) is 19.2. The molecule has 25 heavy (non-hydrogen) atoms. The molecule has 1 aromatic rings. The van der Waals surface area contributed by atoms with Gasteiger partial charge in [0.25, 0.3) is 0 Å². The lowest BCUT2D eigenvalue weighted by molar-refractivity contribution is -0.140. The highest BCUT2D eigenvalue weighted by atomic mass is 35.5. The van der Waals surface area contributed by atoms with Crippen LogP contribution in [0.15, 0.2) is 28.2 Å². The van der Waals surface area contributed by atoms with Gasteiger partial charge < -0.3 is 5.32 Å². The molecule has 1 fully saturated rings. The van der Waals surface area contributed by atoms with Crippen molar-refractivity contribution in [2.24, 2.45) is 9.98 Å². The first-order valence-electron chi connectivity index (χ1n) is 7.72. The fraction of sp³-hybridized carbons (Fsp3) is 0.375. The number of nitrogens with zero attached hydrogens (tertiary/aromatic N) is 3. The molecule has 0 radical (unpaired) electrons. The fourth-order valence-electron chi connectivity index (χ4n) is 2.12. The van der Waals surface area contributed by atoms with Crippen LogP contribution in [0.1, 0.15) is 27.7 Å². The quantitative estimate of drug-likeness (QED) is 0.477. The van der Waals surface area contributed by atoms with Crippen LogP contribution in [0.5, 0.6) is 0 Å². The predicted molar refractivity (Wildman–Crippen MR) is 100 cm³/mol. The van der Waals surface area contributed by atoms with Gasteiger partial charge in [-0.15, -0.1) is 0 Å². The Bertz CT molecular complexity index is 759. The SMILES string of the molecule is CC(C)N=C(/N=C1\NC(=O)C(=O)N1C(C)C)Nc1ccc(Cl)c(Cl)c1. The summed E-state index contributed by atoms with van der Waals surface area (Å²) >= 11 is 11.9. The van der Waals surface area contributed by atoms with Crippen molar-refractivity contribution >= 4 is 52.6 Å². The Hall–Kier alpha value is -2.12. The Balaban J connectivity index is 2.36. The molecule has 0 unspecified atom stereocenters. The maximum Gasteiger partial charge on any atom is 0.319 e. The highest BCUT2D eigenvalue weighted by Crippen LogP contribution is 2.25. The van der Waals surface area contributed by atoms with E-state index in [1.807, 2.05) is 13.8 Å². The minimum Gasteiger partial charge on any atom is -0.324 e. The highest BCUT2D eigenvalue weighted by molar-refractivity contribution is 6.46. The third-order valence-corrected chi connectivity index (χ3v) is 3.89. The molecule has 7 nitrogen and oxygen atoms in total. The standard InChI is InChI=1S/C16H19Cl2N5O2/c1-8(2)19-15(20-10-5-6-11(17)12(18)7-10)22-16-21-13(24)14(25)23(16)9(3)4/h5-9H,1-4H3,(H2,19,20,21,22,24). The van der Waals surface area contributed by atoms with E-state index in [0.717, 1.165) is 0 Å². The largest absolute Gasteiger partial charge is 0.324 e. The van der Waals surface area contributed by atoms with Gasteiger partial charge in [-0.25, -0.2) is 4.99 Å². The van der Waals surface area contributed by atoms with Crippen molar-refractivity contribution < 1.29 is 9.59 Å². The summed E-state index contributed by atoms with van der Waals surface area (Å²) in [6.07, 6.45) is 0. The molecule has 1 heterocycles. The Morgan fingerprint density at radius 3 is 2.40 bits per heavy atom. The first-order chi connectivity index (χ1) is 11.7. The molecule has 0 aromatic heterocycles. The summed E-state index contributed by atoms with van der Waals surface area (Å²) < 4.78 is 0. The van der Waals surface area contributed by atoms with Crippen LogP contribution < -0.4 is 10.6 Å². The van der Waals surface area contributed by atoms with Crippen LogP contribution in [0.3, 0.4) is 0 Å². The Morgan fingerprint density at radius 2 is 1.84 bits per heavy atom. The number of hydrogen-bond donors (Lipinski definition) is 2. The molecule has 0 spiro atoms. The van der Waals surface area contributed by atoms with Crippen LogP contribution >= 0.6 is 23.2 Å². The second kappa shape index (κ2) is 7.84. The molecule has 2 amide bonds. The summed E-state index contributed by atoms with van der Waals surface area (Å²) in [6, 6.07) is 4.72. The topological polar surface area (TPSA) is 86.2 Å². The summed E-state index contributed by atoms with van der Waals surface area (Å²) in [5, 5.41) is 6.31. The number of guanidine groups is 2. The van der Waals surface area contributed by atoms with Crippen molar-refractivity contribution in [3.8, 4) is 0 Å². The second-order valence-electron chi connectivity index (χ2n) is 5.96. The van der Waals surface area contributed by atoms with Crippen molar-refractivity contribution in [2.75, 3.05) is 5.32 Å². The van der Waals surface area contributed by atoms with Gasteiger partial charge in [-0.05, 0) is 45.9 Å². The molecule has 0 bridgehead atoms. The number of benzene rings is 1. The molecule has 1 saturated heterocycles. The number of hydrogen-bond acceptors (Lipinski definition) is 3. The number of anilines is 1. The molecular weight excluding hydrogens is 365 g/mol. The summed E-state index contributed by atoms with van der Waals surface area (Å²) in [7, 11) is 0. The lowest BCUT2D eigenvalue weighted by atomic mass is 10.3. The summed E-state index contributed by atoms with van der Waals surface area (Å²) in [5.74, 6) is -0.987. The number of aliphatic imine (C=N–C) groups is 2. The maximum atomic E-state index is 11.9. The number of carbonyl (C=O) groups excluding carboxylic acids is 2. The van der Waals surface area contributed by atoms with Crippen LogP contribution in [-0.4, -0.2) is 40.7 Å². The van der Waals surface area contributed by atoms with Crippen molar-refractivity contribution in [1.29, 1.82) is 0 Å². The van der Waals surface area contributed by atoms with Crippen molar-refractivity contribution in [2.45, 2.75) is 39.8 Å². The van der Waals surface area contributed by atoms with Gasteiger partial charge in [0.15, 0.2) is 0 Å². The number of nitrogens with one attached hydrogen (secondary N) is 2. The third kappa shape index (κ3) is 4.70. The van der Waals surface area contributed by atoms with Gasteiger partial charge in [0, 0.05) is 17.8 Å². The Kier molecular flexibility index (Phi) is 6.02. The average Bonchev–Trinajstić information content (AvgIpc) is 2.77. The summed E-state index contributed by atoms with van der Waals surface area (Å²) in [5.41, 5.74) is 0.630. The van der Waals surface area contributed by atoms with E-state index in [1.165, 1.54) is 4.90 Å². The number of carbonyl (C=O) groups is 2. The lowest BCUT2D eigenvalue weighted by Gasteiger charge is -2.19. The second-order valence-corrected chi connectivity index (χ2v) is 6.77. The smallest absolute Gasteiger partial charge is 0.319 e. The van der Waals surface area contributed by atoms with Gasteiger partial charge >= 0.3 is 11.8 Å². The highest BCUT2D eigenvalue weighted by Gasteiger charge is 2.37. The summed E-state index contributed by atoms with van der Waals surface area (Å²) in [6.45, 7) is 7.35. The molecule has 134 valence electrons. The average molecular weight is 384 g/mol. The van der Waals surface area contributed by atoms with Crippen LogP contribution in [0, 0.1) is 0 Å².